The van der Waals surface area contributed by atoms with Crippen molar-refractivity contribution in [3.05, 3.63) is 165 Å². The average Bonchev–Trinajstić information content (AvgIpc) is 3.47. The van der Waals surface area contributed by atoms with Gasteiger partial charge < -0.3 is 25.8 Å². The van der Waals surface area contributed by atoms with Crippen LogP contribution < -0.4 is 0 Å². The Bertz CT molecular complexity index is 1850. The zero-order valence-electron chi connectivity index (χ0n) is 33.0. The fourth-order valence-electron chi connectivity index (χ4n) is 6.01. The molecule has 6 aromatic rings. The van der Waals surface area contributed by atoms with E-state index in [-0.39, 0.29) is 31.9 Å². The summed E-state index contributed by atoms with van der Waals surface area (Å²) >= 11 is 0. The van der Waals surface area contributed by atoms with Gasteiger partial charge in [0.2, 0.25) is 0 Å². The summed E-state index contributed by atoms with van der Waals surface area (Å²) in [5.74, 6) is 1.63. The van der Waals surface area contributed by atoms with Crippen LogP contribution in [0.2, 0.25) is 0 Å². The standard InChI is InChI=1S/C39H38N3.3C2H6N.Hf/c1-26(2)31-23-15-24-32(27(3)4)36(31)40-35(29-17-8-6-9-18-29)39-41-37(38(42(39)5)30-19-10-7-11-20-30)34-25-14-21-28-16-12-13-22-33(28)34;3*1-3-2;/h6-27,35H,1-5H3;3*1-2H3;/q4*-1;+4. The molecule has 7 heteroatoms. The molecular weight excluding hydrogens is 803 g/mol. The second-order valence-corrected chi connectivity index (χ2v) is 13.0. The van der Waals surface area contributed by atoms with Crippen LogP contribution in [-0.4, -0.2) is 51.8 Å². The molecule has 0 saturated heterocycles. The molecule has 5 aromatic carbocycles. The van der Waals surface area contributed by atoms with Gasteiger partial charge in [0.1, 0.15) is 0 Å². The maximum atomic E-state index is 5.62. The Hall–Kier alpha value is -3.88. The fourth-order valence-corrected chi connectivity index (χ4v) is 6.01. The molecule has 0 fully saturated rings. The van der Waals surface area contributed by atoms with E-state index in [9.17, 15) is 0 Å². The molecule has 1 heterocycles. The summed E-state index contributed by atoms with van der Waals surface area (Å²) in [5.41, 5.74) is 9.11. The molecule has 1 atom stereocenters. The third-order valence-electron chi connectivity index (χ3n) is 8.18. The normalized spacial score (nSPS) is 10.9. The third-order valence-corrected chi connectivity index (χ3v) is 8.18. The Labute approximate surface area is 332 Å². The van der Waals surface area contributed by atoms with Crippen LogP contribution >= 0.6 is 0 Å². The monoisotopic (exact) mass is 860 g/mol. The number of aromatic nitrogens is 2. The first-order chi connectivity index (χ1) is 24.7. The summed E-state index contributed by atoms with van der Waals surface area (Å²) in [6, 6.07) is 42.7. The second-order valence-electron chi connectivity index (χ2n) is 13.0. The van der Waals surface area contributed by atoms with Crippen LogP contribution in [0, 0.1) is 0 Å². The Morgan fingerprint density at radius 3 is 1.56 bits per heavy atom. The van der Waals surface area contributed by atoms with E-state index in [1.54, 1.807) is 42.3 Å². The zero-order valence-corrected chi connectivity index (χ0v) is 36.6. The van der Waals surface area contributed by atoms with E-state index < -0.39 is 0 Å². The summed E-state index contributed by atoms with van der Waals surface area (Å²) in [5, 5.41) is 18.5. The summed E-state index contributed by atoms with van der Waals surface area (Å²) in [6.07, 6.45) is 0. The molecule has 0 radical (unpaired) electrons. The summed E-state index contributed by atoms with van der Waals surface area (Å²) in [4.78, 5) is 5.50. The fraction of sp³-hybridized carbons (Fsp3) is 0.311. The minimum atomic E-state index is -0.278. The molecule has 0 aliphatic rings. The minimum Gasteiger partial charge on any atom is -0.671 e. The van der Waals surface area contributed by atoms with Crippen LogP contribution in [0.3, 0.4) is 0 Å². The van der Waals surface area contributed by atoms with Gasteiger partial charge in [-0.05, 0) is 28.7 Å². The molecule has 6 rings (SSSR count). The van der Waals surface area contributed by atoms with Gasteiger partial charge in [-0.2, -0.15) is 42.3 Å². The van der Waals surface area contributed by atoms with Gasteiger partial charge in [-0.1, -0.05) is 166 Å². The molecule has 1 unspecified atom stereocenters. The number of hydrogen-bond acceptors (Lipinski definition) is 1. The molecule has 1 aromatic heterocycles. The van der Waals surface area contributed by atoms with Crippen molar-refractivity contribution in [3.63, 3.8) is 0 Å². The number of hydrogen-bond donors (Lipinski definition) is 0. The van der Waals surface area contributed by atoms with Crippen molar-refractivity contribution in [2.24, 2.45) is 7.05 Å². The predicted molar refractivity (Wildman–Crippen MR) is 223 cm³/mol. The molecule has 6 nitrogen and oxygen atoms in total. The van der Waals surface area contributed by atoms with Crippen LogP contribution in [0.5, 0.6) is 0 Å². The van der Waals surface area contributed by atoms with Crippen molar-refractivity contribution in [1.29, 1.82) is 0 Å². The van der Waals surface area contributed by atoms with Gasteiger partial charge in [0, 0.05) is 18.2 Å². The topological polar surface area (TPSA) is 74.2 Å². The van der Waals surface area contributed by atoms with Gasteiger partial charge >= 0.3 is 25.8 Å². The first-order valence-electron chi connectivity index (χ1n) is 17.6. The number of para-hydroxylation sites is 1. The molecule has 52 heavy (non-hydrogen) atoms. The number of fused-ring (bicyclic) bond motifs is 1. The average molecular weight is 859 g/mol. The molecule has 0 aliphatic carbocycles. The molecule has 0 bridgehead atoms. The van der Waals surface area contributed by atoms with Gasteiger partial charge in [0.15, 0.2) is 0 Å². The first-order valence-corrected chi connectivity index (χ1v) is 17.6. The molecule has 0 aliphatic heterocycles. The van der Waals surface area contributed by atoms with E-state index in [0.29, 0.717) is 11.8 Å². The maximum absolute atomic E-state index is 5.62. The van der Waals surface area contributed by atoms with Gasteiger partial charge in [-0.15, -0.1) is 5.69 Å². The van der Waals surface area contributed by atoms with Crippen LogP contribution in [0.1, 0.15) is 68.1 Å². The first kappa shape index (κ1) is 44.3. The van der Waals surface area contributed by atoms with Crippen molar-refractivity contribution < 1.29 is 25.8 Å². The van der Waals surface area contributed by atoms with Gasteiger partial charge in [-0.25, -0.2) is 4.98 Å². The van der Waals surface area contributed by atoms with Crippen molar-refractivity contribution in [1.82, 2.24) is 9.55 Å². The van der Waals surface area contributed by atoms with Gasteiger partial charge in [-0.3, -0.25) is 0 Å². The Kier molecular flexibility index (Phi) is 19.5. The Morgan fingerprint density at radius 1 is 0.558 bits per heavy atom. The van der Waals surface area contributed by atoms with E-state index >= 15 is 0 Å². The Morgan fingerprint density at radius 2 is 1.02 bits per heavy atom. The third kappa shape index (κ3) is 11.3. The zero-order chi connectivity index (χ0) is 37.3. The van der Waals surface area contributed by atoms with E-state index in [0.717, 1.165) is 39.6 Å². The van der Waals surface area contributed by atoms with Crippen LogP contribution in [-0.2, 0) is 32.9 Å². The van der Waals surface area contributed by atoms with Crippen LogP contribution in [0.15, 0.2) is 121 Å². The smallest absolute Gasteiger partial charge is 0.671 e. The number of nitrogens with zero attached hydrogens (tertiary/aromatic N) is 6. The molecular formula is C45H56HfN6. The van der Waals surface area contributed by atoms with Gasteiger partial charge in [0.25, 0.3) is 0 Å². The van der Waals surface area contributed by atoms with Crippen molar-refractivity contribution in [2.45, 2.75) is 45.6 Å². The minimum absolute atomic E-state index is 0. The van der Waals surface area contributed by atoms with Crippen molar-refractivity contribution in [3.8, 4) is 22.5 Å². The molecule has 0 saturated carbocycles. The van der Waals surface area contributed by atoms with Gasteiger partial charge in [0.05, 0.1) is 17.2 Å². The van der Waals surface area contributed by atoms with Crippen molar-refractivity contribution >= 4 is 16.5 Å². The van der Waals surface area contributed by atoms with Crippen molar-refractivity contribution in [2.75, 3.05) is 42.3 Å². The SMILES string of the molecule is CC(C)c1cccc(C(C)C)c1[N-]C(c1ccccc1)c1nc(-c2cccc3ccccc23)c(-c2ccccc2)n1C.C[N-]C.C[N-]C.C[N-]C.[Hf+4]. The largest absolute Gasteiger partial charge is 4.00 e. The van der Waals surface area contributed by atoms with E-state index in [1.807, 2.05) is 0 Å². The maximum Gasteiger partial charge on any atom is 4.00 e. The molecule has 0 N–H and O–H groups in total. The quantitative estimate of drug-likeness (QED) is 0.141. The van der Waals surface area contributed by atoms with E-state index in [2.05, 4.69) is 177 Å². The molecule has 0 spiro atoms. The van der Waals surface area contributed by atoms with E-state index in [1.165, 1.54) is 21.9 Å². The summed E-state index contributed by atoms with van der Waals surface area (Å²) < 4.78 is 2.26. The van der Waals surface area contributed by atoms with Crippen LogP contribution in [0.25, 0.3) is 54.6 Å². The summed E-state index contributed by atoms with van der Waals surface area (Å²) in [7, 11) is 12.6. The number of benzene rings is 5. The Balaban J connectivity index is 0.000000852. The second kappa shape index (κ2) is 22.9. The number of rotatable bonds is 8. The number of imidazole rings is 1. The summed E-state index contributed by atoms with van der Waals surface area (Å²) in [6.45, 7) is 9.01. The van der Waals surface area contributed by atoms with E-state index in [4.69, 9.17) is 10.3 Å². The molecule has 270 valence electrons. The predicted octanol–water partition coefficient (Wildman–Crippen LogP) is 12.8. The molecule has 0 amide bonds. The van der Waals surface area contributed by atoms with Crippen LogP contribution in [0.4, 0.5) is 5.69 Å².